The van der Waals surface area contributed by atoms with Crippen LogP contribution in [-0.2, 0) is 39.1 Å². The Morgan fingerprint density at radius 1 is 1.10 bits per heavy atom. The second-order valence-electron chi connectivity index (χ2n) is 6.22. The molecule has 0 aliphatic rings. The van der Waals surface area contributed by atoms with Crippen molar-refractivity contribution in [3.63, 3.8) is 0 Å². The van der Waals surface area contributed by atoms with E-state index in [2.05, 4.69) is 60.2 Å². The number of halogens is 2. The number of allylic oxidation sites excluding steroid dienone is 2. The van der Waals surface area contributed by atoms with E-state index in [1.165, 1.54) is 17.3 Å². The Hall–Kier alpha value is -1.39. The van der Waals surface area contributed by atoms with Gasteiger partial charge < -0.3 is 5.32 Å². The van der Waals surface area contributed by atoms with Gasteiger partial charge in [0.15, 0.2) is 0 Å². The Labute approximate surface area is 208 Å². The van der Waals surface area contributed by atoms with Gasteiger partial charge in [0.05, 0.1) is 16.3 Å². The van der Waals surface area contributed by atoms with Crippen molar-refractivity contribution in [2.75, 3.05) is 0 Å². The van der Waals surface area contributed by atoms with Crippen molar-refractivity contribution in [2.24, 2.45) is 5.10 Å². The smallest absolute Gasteiger partial charge is 0.0513 e. The van der Waals surface area contributed by atoms with Gasteiger partial charge in [-0.15, -0.1) is 6.42 Å². The van der Waals surface area contributed by atoms with Crippen molar-refractivity contribution < 1.29 is 32.7 Å². The molecular formula is C23H24Cl2N3Y-. The third kappa shape index (κ3) is 7.75. The number of benzene rings is 2. The largest absolute Gasteiger partial charge is 0.535 e. The molecule has 0 aromatic heterocycles. The minimum absolute atomic E-state index is 0. The van der Waals surface area contributed by atoms with Gasteiger partial charge in [0.1, 0.15) is 0 Å². The maximum absolute atomic E-state index is 6.21. The van der Waals surface area contributed by atoms with Gasteiger partial charge in [-0.1, -0.05) is 72.3 Å². The van der Waals surface area contributed by atoms with Crippen LogP contribution in [0.4, 0.5) is 0 Å². The molecule has 2 aromatic rings. The normalized spacial score (nSPS) is 11.4. The Kier molecular flexibility index (Phi) is 11.5. The van der Waals surface area contributed by atoms with Crippen LogP contribution in [0.25, 0.3) is 11.3 Å². The van der Waals surface area contributed by atoms with Crippen LogP contribution in [0.3, 0.4) is 0 Å². The number of nitrogens with zero attached hydrogens (tertiary/aromatic N) is 1. The van der Waals surface area contributed by atoms with Gasteiger partial charge in [-0.05, 0) is 42.7 Å². The van der Waals surface area contributed by atoms with Crippen LogP contribution in [-0.4, -0.2) is 6.21 Å². The zero-order valence-electron chi connectivity index (χ0n) is 16.7. The number of hydrogen-bond acceptors (Lipinski definition) is 3. The predicted octanol–water partition coefficient (Wildman–Crippen LogP) is 6.47. The van der Waals surface area contributed by atoms with E-state index >= 15 is 0 Å². The SMILES string of the molecule is C=CN/N=C\C(C)=C(/C)c1ccc(C[CH-]NC(=C)c2c(Cl)cccc2Cl)cc1.[Y]. The zero-order valence-corrected chi connectivity index (χ0v) is 21.0. The molecule has 0 aliphatic carbocycles. The van der Waals surface area contributed by atoms with E-state index in [4.69, 9.17) is 23.2 Å². The summed E-state index contributed by atoms with van der Waals surface area (Å²) in [6, 6.07) is 13.8. The Morgan fingerprint density at radius 2 is 1.72 bits per heavy atom. The summed E-state index contributed by atoms with van der Waals surface area (Å²) in [5.41, 5.74) is 8.71. The van der Waals surface area contributed by atoms with Gasteiger partial charge in [0.2, 0.25) is 0 Å². The monoisotopic (exact) mass is 501 g/mol. The maximum Gasteiger partial charge on any atom is 0.0513 e. The van der Waals surface area contributed by atoms with Crippen LogP contribution in [0.1, 0.15) is 30.5 Å². The summed E-state index contributed by atoms with van der Waals surface area (Å²) >= 11 is 12.4. The third-order valence-electron chi connectivity index (χ3n) is 4.28. The minimum Gasteiger partial charge on any atom is -0.535 e. The van der Waals surface area contributed by atoms with E-state index in [0.717, 1.165) is 23.1 Å². The summed E-state index contributed by atoms with van der Waals surface area (Å²) in [6.07, 6.45) is 4.06. The van der Waals surface area contributed by atoms with Crippen LogP contribution in [0.15, 0.2) is 72.5 Å². The molecule has 6 heteroatoms. The average Bonchev–Trinajstić information content (AvgIpc) is 2.68. The molecule has 2 aromatic carbocycles. The fourth-order valence-corrected chi connectivity index (χ4v) is 3.18. The van der Waals surface area contributed by atoms with Crippen LogP contribution < -0.4 is 10.7 Å². The van der Waals surface area contributed by atoms with E-state index in [1.54, 1.807) is 18.3 Å². The number of hydrogen-bond donors (Lipinski definition) is 2. The molecule has 2 N–H and O–H groups in total. The van der Waals surface area contributed by atoms with E-state index in [0.29, 0.717) is 15.7 Å². The van der Waals surface area contributed by atoms with Gasteiger partial charge in [0, 0.05) is 50.2 Å². The molecule has 0 saturated heterocycles. The van der Waals surface area contributed by atoms with Gasteiger partial charge in [-0.25, -0.2) is 6.54 Å². The molecule has 0 heterocycles. The van der Waals surface area contributed by atoms with Crippen molar-refractivity contribution in [2.45, 2.75) is 20.3 Å². The minimum atomic E-state index is 0. The first-order valence-electron chi connectivity index (χ1n) is 8.81. The predicted molar refractivity (Wildman–Crippen MR) is 123 cm³/mol. The first-order chi connectivity index (χ1) is 13.4. The number of rotatable bonds is 9. The number of nitrogens with one attached hydrogen (secondary N) is 2. The third-order valence-corrected chi connectivity index (χ3v) is 4.91. The molecule has 0 fully saturated rings. The molecule has 0 bridgehead atoms. The molecular weight excluding hydrogens is 478 g/mol. The van der Waals surface area contributed by atoms with Crippen LogP contribution in [0.5, 0.6) is 0 Å². The number of hydrazone groups is 1. The molecule has 0 aliphatic heterocycles. The van der Waals surface area contributed by atoms with Gasteiger partial charge in [0.25, 0.3) is 0 Å². The Balaban J connectivity index is 0.00000420. The molecule has 0 atom stereocenters. The van der Waals surface area contributed by atoms with Crippen molar-refractivity contribution in [3.05, 3.63) is 101 Å². The second-order valence-corrected chi connectivity index (χ2v) is 7.04. The van der Waals surface area contributed by atoms with Crippen LogP contribution >= 0.6 is 23.2 Å². The average molecular weight is 502 g/mol. The van der Waals surface area contributed by atoms with Crippen LogP contribution in [0, 0.1) is 6.54 Å². The molecule has 2 rings (SSSR count). The van der Waals surface area contributed by atoms with Gasteiger partial charge >= 0.3 is 0 Å². The Bertz CT molecular complexity index is 883. The molecule has 29 heavy (non-hydrogen) atoms. The van der Waals surface area contributed by atoms with Crippen molar-refractivity contribution >= 4 is 40.7 Å². The quantitative estimate of drug-likeness (QED) is 0.234. The molecule has 0 unspecified atom stereocenters. The zero-order chi connectivity index (χ0) is 20.5. The summed E-state index contributed by atoms with van der Waals surface area (Å²) in [5.74, 6) is 0. The van der Waals surface area contributed by atoms with Gasteiger partial charge in [-0.3, -0.25) is 5.43 Å². The molecule has 0 saturated carbocycles. The van der Waals surface area contributed by atoms with Crippen molar-refractivity contribution in [1.29, 1.82) is 0 Å². The fourth-order valence-electron chi connectivity index (χ4n) is 2.55. The molecule has 3 nitrogen and oxygen atoms in total. The molecule has 0 spiro atoms. The standard InChI is InChI=1S/C23H24Cl2N3.Y/c1-5-27-28-15-16(2)17(3)20-11-9-19(10-12-20)13-14-26-18(4)23-21(24)7-6-8-22(23)25;/h5-12,14-15,26-27H,1,4,13H2,2-3H3;/q-1;/b17-16+,28-15-;. The summed E-state index contributed by atoms with van der Waals surface area (Å²) in [6.45, 7) is 13.6. The Morgan fingerprint density at radius 3 is 2.31 bits per heavy atom. The van der Waals surface area contributed by atoms with E-state index in [9.17, 15) is 0 Å². The maximum atomic E-state index is 6.21. The van der Waals surface area contributed by atoms with Crippen molar-refractivity contribution in [3.8, 4) is 0 Å². The fraction of sp³-hybridized carbons (Fsp3) is 0.130. The van der Waals surface area contributed by atoms with Crippen LogP contribution in [0.2, 0.25) is 10.0 Å². The second kappa shape index (κ2) is 13.0. The van der Waals surface area contributed by atoms with Crippen molar-refractivity contribution in [1.82, 2.24) is 10.7 Å². The summed E-state index contributed by atoms with van der Waals surface area (Å²) in [4.78, 5) is 0. The topological polar surface area (TPSA) is 36.4 Å². The van der Waals surface area contributed by atoms with E-state index < -0.39 is 0 Å². The molecule has 1 radical (unpaired) electrons. The first kappa shape index (κ1) is 25.7. The van der Waals surface area contributed by atoms with E-state index in [-0.39, 0.29) is 32.7 Å². The summed E-state index contributed by atoms with van der Waals surface area (Å²) in [7, 11) is 0. The summed E-state index contributed by atoms with van der Waals surface area (Å²) < 4.78 is 0. The van der Waals surface area contributed by atoms with Gasteiger partial charge in [-0.2, -0.15) is 5.10 Å². The molecule has 0 amide bonds. The molecule has 149 valence electrons. The summed E-state index contributed by atoms with van der Waals surface area (Å²) in [5, 5.41) is 8.39. The van der Waals surface area contributed by atoms with E-state index in [1.807, 2.05) is 19.5 Å². The first-order valence-corrected chi connectivity index (χ1v) is 9.57.